The molecule has 0 radical (unpaired) electrons. The van der Waals surface area contributed by atoms with Gasteiger partial charge in [0.25, 0.3) is 0 Å². The fraction of sp³-hybridized carbons (Fsp3) is 0.533. The Bertz CT molecular complexity index is 720. The number of hydrogen-bond acceptors (Lipinski definition) is 6. The lowest BCUT2D eigenvalue weighted by Gasteiger charge is -2.37. The van der Waals surface area contributed by atoms with Gasteiger partial charge in [-0.25, -0.2) is 13.2 Å². The number of carbonyl (C=O) groups excluding carboxylic acids is 1. The first kappa shape index (κ1) is 15.1. The van der Waals surface area contributed by atoms with Gasteiger partial charge in [0, 0.05) is 0 Å². The minimum absolute atomic E-state index is 0.0390. The molecule has 2 fully saturated rings. The standard InChI is InChI=1S/C15H17NO5S/c1-20-14-7-11(15(16-10-17)5-2-6-15)3-4-13(14)21-12-8-22(18,19)9-12/h3-4,7,12H,2,5-6,8-9H2,1H3. The maximum Gasteiger partial charge on any atom is 0.235 e. The predicted octanol–water partition coefficient (Wildman–Crippen LogP) is 1.59. The van der Waals surface area contributed by atoms with E-state index >= 15 is 0 Å². The Morgan fingerprint density at radius 2 is 2.00 bits per heavy atom. The largest absolute Gasteiger partial charge is 0.493 e. The van der Waals surface area contributed by atoms with E-state index in [9.17, 15) is 13.2 Å². The molecule has 0 unspecified atom stereocenters. The van der Waals surface area contributed by atoms with Crippen molar-refractivity contribution in [1.82, 2.24) is 0 Å². The predicted molar refractivity (Wildman–Crippen MR) is 79.7 cm³/mol. The Kier molecular flexibility index (Phi) is 3.70. The molecule has 1 aliphatic heterocycles. The van der Waals surface area contributed by atoms with Crippen LogP contribution in [0.25, 0.3) is 0 Å². The van der Waals surface area contributed by atoms with Crippen molar-refractivity contribution in [2.75, 3.05) is 18.6 Å². The van der Waals surface area contributed by atoms with Gasteiger partial charge in [-0.05, 0) is 37.0 Å². The Morgan fingerprint density at radius 3 is 2.50 bits per heavy atom. The van der Waals surface area contributed by atoms with Crippen LogP contribution < -0.4 is 9.47 Å². The van der Waals surface area contributed by atoms with Crippen molar-refractivity contribution in [2.24, 2.45) is 4.99 Å². The number of methoxy groups -OCH3 is 1. The van der Waals surface area contributed by atoms with Crippen LogP contribution >= 0.6 is 0 Å². The first-order valence-corrected chi connectivity index (χ1v) is 8.95. The fourth-order valence-electron chi connectivity index (χ4n) is 2.88. The summed E-state index contributed by atoms with van der Waals surface area (Å²) in [6, 6.07) is 5.41. The third-order valence-corrected chi connectivity index (χ3v) is 6.07. The van der Waals surface area contributed by atoms with Crippen molar-refractivity contribution in [3.05, 3.63) is 23.8 Å². The van der Waals surface area contributed by atoms with Crippen molar-refractivity contribution in [3.8, 4) is 11.5 Å². The molecule has 3 rings (SSSR count). The van der Waals surface area contributed by atoms with Crippen LogP contribution in [-0.4, -0.2) is 39.2 Å². The molecule has 0 spiro atoms. The summed E-state index contributed by atoms with van der Waals surface area (Å²) in [5.41, 5.74) is 0.403. The van der Waals surface area contributed by atoms with Crippen LogP contribution in [0.4, 0.5) is 0 Å². The molecule has 1 heterocycles. The van der Waals surface area contributed by atoms with Gasteiger partial charge in [0.05, 0.1) is 24.2 Å². The highest BCUT2D eigenvalue weighted by atomic mass is 32.2. The van der Waals surface area contributed by atoms with Gasteiger partial charge in [-0.15, -0.1) is 0 Å². The number of rotatable bonds is 5. The van der Waals surface area contributed by atoms with E-state index in [4.69, 9.17) is 9.47 Å². The Labute approximate surface area is 129 Å². The molecule has 0 amide bonds. The van der Waals surface area contributed by atoms with Gasteiger partial charge in [0.1, 0.15) is 6.10 Å². The van der Waals surface area contributed by atoms with Crippen LogP contribution in [0.5, 0.6) is 11.5 Å². The summed E-state index contributed by atoms with van der Waals surface area (Å²) in [5.74, 6) is 1.11. The number of aliphatic imine (C=N–C) groups is 1. The van der Waals surface area contributed by atoms with Crippen molar-refractivity contribution in [1.29, 1.82) is 0 Å². The molecule has 0 aromatic heterocycles. The quantitative estimate of drug-likeness (QED) is 0.607. The Hall–Kier alpha value is -1.85. The van der Waals surface area contributed by atoms with Crippen molar-refractivity contribution >= 4 is 15.9 Å². The lowest BCUT2D eigenvalue weighted by molar-refractivity contribution is 0.218. The molecule has 22 heavy (non-hydrogen) atoms. The number of hydrogen-bond donors (Lipinski definition) is 0. The van der Waals surface area contributed by atoms with E-state index in [0.717, 1.165) is 24.8 Å². The van der Waals surface area contributed by atoms with E-state index in [1.165, 1.54) is 7.11 Å². The molecule has 1 aromatic carbocycles. The second kappa shape index (κ2) is 5.41. The molecule has 7 heteroatoms. The van der Waals surface area contributed by atoms with Crippen LogP contribution in [0.1, 0.15) is 24.8 Å². The zero-order chi connectivity index (χ0) is 15.8. The fourth-order valence-corrected chi connectivity index (χ4v) is 4.06. The first-order chi connectivity index (χ1) is 10.5. The maximum absolute atomic E-state index is 11.2. The summed E-state index contributed by atoms with van der Waals surface area (Å²) in [4.78, 5) is 14.6. The molecule has 6 nitrogen and oxygen atoms in total. The summed E-state index contributed by atoms with van der Waals surface area (Å²) >= 11 is 0. The lowest BCUT2D eigenvalue weighted by atomic mass is 9.72. The smallest absolute Gasteiger partial charge is 0.235 e. The van der Waals surface area contributed by atoms with Crippen LogP contribution in [0.3, 0.4) is 0 Å². The summed E-state index contributed by atoms with van der Waals surface area (Å²) in [7, 11) is -1.40. The summed E-state index contributed by atoms with van der Waals surface area (Å²) in [5, 5.41) is 0. The van der Waals surface area contributed by atoms with E-state index in [-0.39, 0.29) is 17.6 Å². The van der Waals surface area contributed by atoms with Crippen LogP contribution in [0, 0.1) is 0 Å². The van der Waals surface area contributed by atoms with Gasteiger partial charge in [-0.2, -0.15) is 4.99 Å². The molecule has 0 atom stereocenters. The number of nitrogens with zero attached hydrogens (tertiary/aromatic N) is 1. The lowest BCUT2D eigenvalue weighted by Crippen LogP contribution is -2.45. The monoisotopic (exact) mass is 323 g/mol. The molecule has 1 aromatic rings. The van der Waals surface area contributed by atoms with E-state index in [1.54, 1.807) is 12.1 Å². The third kappa shape index (κ3) is 2.62. The Morgan fingerprint density at radius 1 is 1.27 bits per heavy atom. The van der Waals surface area contributed by atoms with Gasteiger partial charge in [-0.3, -0.25) is 0 Å². The average Bonchev–Trinajstić information content (AvgIpc) is 2.41. The van der Waals surface area contributed by atoms with Gasteiger partial charge >= 0.3 is 0 Å². The normalized spacial score (nSPS) is 21.9. The molecule has 1 saturated heterocycles. The van der Waals surface area contributed by atoms with Crippen molar-refractivity contribution < 1.29 is 22.7 Å². The van der Waals surface area contributed by atoms with E-state index in [2.05, 4.69) is 4.99 Å². The first-order valence-electron chi connectivity index (χ1n) is 7.13. The SMILES string of the molecule is COc1cc(C2(N=C=O)CCC2)ccc1OC1CS(=O)(=O)C1. The molecular formula is C15H17NO5S. The van der Waals surface area contributed by atoms with Gasteiger partial charge < -0.3 is 9.47 Å². The minimum Gasteiger partial charge on any atom is -0.493 e. The van der Waals surface area contributed by atoms with E-state index < -0.39 is 15.4 Å². The highest BCUT2D eigenvalue weighted by Crippen LogP contribution is 2.46. The average molecular weight is 323 g/mol. The number of ether oxygens (including phenoxy) is 2. The zero-order valence-corrected chi connectivity index (χ0v) is 13.1. The second-order valence-electron chi connectivity index (χ2n) is 5.77. The summed E-state index contributed by atoms with van der Waals surface area (Å²) in [6.07, 6.45) is 3.98. The van der Waals surface area contributed by atoms with Gasteiger partial charge in [0.15, 0.2) is 21.3 Å². The Balaban J connectivity index is 1.83. The van der Waals surface area contributed by atoms with Crippen LogP contribution in [0.2, 0.25) is 0 Å². The summed E-state index contributed by atoms with van der Waals surface area (Å²) < 4.78 is 33.4. The van der Waals surface area contributed by atoms with Gasteiger partial charge in [-0.1, -0.05) is 6.07 Å². The second-order valence-corrected chi connectivity index (χ2v) is 7.92. The molecule has 118 valence electrons. The molecule has 0 bridgehead atoms. The number of benzene rings is 1. The van der Waals surface area contributed by atoms with Gasteiger partial charge in [0.2, 0.25) is 6.08 Å². The van der Waals surface area contributed by atoms with Crippen LogP contribution in [-0.2, 0) is 20.2 Å². The van der Waals surface area contributed by atoms with Crippen molar-refractivity contribution in [3.63, 3.8) is 0 Å². The topological polar surface area (TPSA) is 82.0 Å². The van der Waals surface area contributed by atoms with Crippen molar-refractivity contribution in [2.45, 2.75) is 30.9 Å². The molecule has 1 saturated carbocycles. The highest BCUT2D eigenvalue weighted by Gasteiger charge is 2.40. The molecular weight excluding hydrogens is 306 g/mol. The number of isocyanates is 1. The maximum atomic E-state index is 11.2. The molecule has 1 aliphatic carbocycles. The highest BCUT2D eigenvalue weighted by molar-refractivity contribution is 7.92. The van der Waals surface area contributed by atoms with E-state index in [1.807, 2.05) is 12.1 Å². The van der Waals surface area contributed by atoms with Crippen LogP contribution in [0.15, 0.2) is 23.2 Å². The number of sulfone groups is 1. The molecule has 0 N–H and O–H groups in total. The minimum atomic E-state index is -2.93. The third-order valence-electron chi connectivity index (χ3n) is 4.31. The summed E-state index contributed by atoms with van der Waals surface area (Å²) in [6.45, 7) is 0. The van der Waals surface area contributed by atoms with E-state index in [0.29, 0.717) is 11.5 Å². The molecule has 2 aliphatic rings. The zero-order valence-electron chi connectivity index (χ0n) is 12.2.